The molecule has 1 aliphatic rings. The van der Waals surface area contributed by atoms with Crippen molar-refractivity contribution < 1.29 is 4.79 Å². The quantitative estimate of drug-likeness (QED) is 0.809. The average Bonchev–Trinajstić information content (AvgIpc) is 3.18. The van der Waals surface area contributed by atoms with Crippen LogP contribution in [0.3, 0.4) is 0 Å². The smallest absolute Gasteiger partial charge is 0.231 e. The molecule has 0 unspecified atom stereocenters. The first-order valence-corrected chi connectivity index (χ1v) is 7.17. The first-order valence-electron chi connectivity index (χ1n) is 7.17. The number of nitrogens with one attached hydrogen (secondary N) is 1. The highest BCUT2D eigenvalue weighted by Crippen LogP contribution is 2.48. The highest BCUT2D eigenvalue weighted by Gasteiger charge is 2.51. The zero-order chi connectivity index (χ0) is 14.9. The van der Waals surface area contributed by atoms with Gasteiger partial charge in [-0.15, -0.1) is 10.2 Å². The zero-order valence-corrected chi connectivity index (χ0v) is 12.0. The topological polar surface area (TPSA) is 85.8 Å². The van der Waals surface area contributed by atoms with Crippen molar-refractivity contribution >= 4 is 11.6 Å². The molecule has 6 nitrogen and oxygen atoms in total. The molecule has 1 aromatic carbocycles. The third-order valence-electron chi connectivity index (χ3n) is 4.09. The van der Waals surface area contributed by atoms with Crippen molar-refractivity contribution in [2.75, 3.05) is 5.73 Å². The van der Waals surface area contributed by atoms with Crippen LogP contribution in [0.25, 0.3) is 0 Å². The Morgan fingerprint density at radius 3 is 2.71 bits per heavy atom. The molecule has 0 spiro atoms. The van der Waals surface area contributed by atoms with Crippen LogP contribution < -0.4 is 11.1 Å². The first kappa shape index (κ1) is 13.6. The predicted molar refractivity (Wildman–Crippen MR) is 79.3 cm³/mol. The van der Waals surface area contributed by atoms with E-state index in [1.54, 1.807) is 6.33 Å². The van der Waals surface area contributed by atoms with Gasteiger partial charge in [-0.05, 0) is 37.5 Å². The van der Waals surface area contributed by atoms with Crippen LogP contribution in [0.15, 0.2) is 30.6 Å². The minimum atomic E-state index is -0.384. The minimum absolute atomic E-state index is 0.0536. The van der Waals surface area contributed by atoms with Crippen molar-refractivity contribution in [1.82, 2.24) is 20.1 Å². The first-order chi connectivity index (χ1) is 10.2. The summed E-state index contributed by atoms with van der Waals surface area (Å²) in [5.74, 6) is 0.830. The van der Waals surface area contributed by atoms with Gasteiger partial charge >= 0.3 is 0 Å². The number of carbonyl (C=O) groups is 1. The molecule has 3 rings (SSSR count). The summed E-state index contributed by atoms with van der Waals surface area (Å²) in [6.45, 7) is 3.22. The Balaban J connectivity index is 1.69. The molecule has 1 heterocycles. The maximum Gasteiger partial charge on any atom is 0.231 e. The number of nitrogens with zero attached hydrogens (tertiary/aromatic N) is 3. The molecule has 110 valence electrons. The summed E-state index contributed by atoms with van der Waals surface area (Å²) in [4.78, 5) is 12.5. The van der Waals surface area contributed by atoms with Gasteiger partial charge in [0.25, 0.3) is 0 Å². The van der Waals surface area contributed by atoms with E-state index < -0.39 is 0 Å². The molecule has 0 aliphatic heterocycles. The molecule has 1 fully saturated rings. The molecule has 1 aliphatic carbocycles. The van der Waals surface area contributed by atoms with Crippen LogP contribution in [0.4, 0.5) is 5.69 Å². The van der Waals surface area contributed by atoms with Gasteiger partial charge in [0.05, 0.1) is 12.0 Å². The summed E-state index contributed by atoms with van der Waals surface area (Å²) in [7, 11) is 0. The number of nitrogens with two attached hydrogens (primary N) is 1. The number of nitrogen functional groups attached to an aromatic ring is 1. The van der Waals surface area contributed by atoms with Gasteiger partial charge in [-0.1, -0.05) is 12.1 Å². The minimum Gasteiger partial charge on any atom is -0.399 e. The summed E-state index contributed by atoms with van der Waals surface area (Å²) in [6.07, 6.45) is 3.43. The summed E-state index contributed by atoms with van der Waals surface area (Å²) in [5.41, 5.74) is 7.07. The van der Waals surface area contributed by atoms with Gasteiger partial charge in [0.1, 0.15) is 6.33 Å². The average molecular weight is 285 g/mol. The van der Waals surface area contributed by atoms with Crippen LogP contribution in [-0.4, -0.2) is 20.7 Å². The Labute approximate surface area is 123 Å². The van der Waals surface area contributed by atoms with Gasteiger partial charge in [-0.3, -0.25) is 4.79 Å². The highest BCUT2D eigenvalue weighted by molar-refractivity contribution is 5.91. The van der Waals surface area contributed by atoms with Gasteiger partial charge in [0, 0.05) is 12.2 Å². The number of aryl methyl sites for hydroxylation is 1. The Morgan fingerprint density at radius 2 is 2.10 bits per heavy atom. The summed E-state index contributed by atoms with van der Waals surface area (Å²) < 4.78 is 1.92. The Hall–Kier alpha value is -2.37. The molecule has 21 heavy (non-hydrogen) atoms. The molecule has 0 atom stereocenters. The van der Waals surface area contributed by atoms with Crippen LogP contribution in [-0.2, 0) is 23.3 Å². The van der Waals surface area contributed by atoms with Crippen molar-refractivity contribution in [3.63, 3.8) is 0 Å². The molecule has 3 N–H and O–H groups in total. The lowest BCUT2D eigenvalue weighted by molar-refractivity contribution is -0.123. The standard InChI is InChI=1S/C15H19N5O/c1-2-20-10-18-19-13(20)9-17-14(21)15(7-8-15)11-3-5-12(16)6-4-11/h3-6,10H,2,7-9,16H2,1H3,(H,17,21). The lowest BCUT2D eigenvalue weighted by atomic mass is 9.95. The lowest BCUT2D eigenvalue weighted by Gasteiger charge is -2.16. The van der Waals surface area contributed by atoms with Crippen molar-refractivity contribution in [2.45, 2.75) is 38.3 Å². The van der Waals surface area contributed by atoms with Crippen LogP contribution in [0.2, 0.25) is 0 Å². The second kappa shape index (κ2) is 5.20. The number of hydrogen-bond donors (Lipinski definition) is 2. The normalized spacial score (nSPS) is 15.7. The van der Waals surface area contributed by atoms with Crippen molar-refractivity contribution in [2.24, 2.45) is 0 Å². The van der Waals surface area contributed by atoms with E-state index in [1.165, 1.54) is 0 Å². The molecular formula is C15H19N5O. The van der Waals surface area contributed by atoms with Crippen LogP contribution >= 0.6 is 0 Å². The molecule has 2 aromatic rings. The van der Waals surface area contributed by atoms with Gasteiger partial charge in [-0.2, -0.15) is 0 Å². The Bertz CT molecular complexity index is 642. The number of rotatable bonds is 5. The van der Waals surface area contributed by atoms with Gasteiger partial charge in [0.15, 0.2) is 5.82 Å². The number of anilines is 1. The second-order valence-electron chi connectivity index (χ2n) is 5.42. The van der Waals surface area contributed by atoms with E-state index in [1.807, 2.05) is 35.8 Å². The summed E-state index contributed by atoms with van der Waals surface area (Å²) in [6, 6.07) is 7.57. The van der Waals surface area contributed by atoms with E-state index in [4.69, 9.17) is 5.73 Å². The summed E-state index contributed by atoms with van der Waals surface area (Å²) >= 11 is 0. The second-order valence-corrected chi connectivity index (χ2v) is 5.42. The number of hydrogen-bond acceptors (Lipinski definition) is 4. The van der Waals surface area contributed by atoms with Gasteiger partial charge < -0.3 is 15.6 Å². The summed E-state index contributed by atoms with van der Waals surface area (Å²) in [5, 5.41) is 10.9. The Morgan fingerprint density at radius 1 is 1.38 bits per heavy atom. The molecule has 0 bridgehead atoms. The highest BCUT2D eigenvalue weighted by atomic mass is 16.2. The van der Waals surface area contributed by atoms with Crippen molar-refractivity contribution in [3.8, 4) is 0 Å². The largest absolute Gasteiger partial charge is 0.399 e. The molecule has 0 radical (unpaired) electrons. The monoisotopic (exact) mass is 285 g/mol. The van der Waals surface area contributed by atoms with E-state index in [0.29, 0.717) is 12.2 Å². The molecule has 1 aromatic heterocycles. The van der Waals surface area contributed by atoms with E-state index in [-0.39, 0.29) is 11.3 Å². The molecule has 1 saturated carbocycles. The number of carbonyl (C=O) groups excluding carboxylic acids is 1. The fraction of sp³-hybridized carbons (Fsp3) is 0.400. The Kier molecular flexibility index (Phi) is 3.37. The van der Waals surface area contributed by atoms with E-state index in [2.05, 4.69) is 15.5 Å². The predicted octanol–water partition coefficient (Wildman–Crippen LogP) is 1.23. The third-order valence-corrected chi connectivity index (χ3v) is 4.09. The molecule has 0 saturated heterocycles. The van der Waals surface area contributed by atoms with Crippen molar-refractivity contribution in [1.29, 1.82) is 0 Å². The lowest BCUT2D eigenvalue weighted by Crippen LogP contribution is -2.35. The van der Waals surface area contributed by atoms with Crippen LogP contribution in [0.1, 0.15) is 31.2 Å². The number of aromatic nitrogens is 3. The third kappa shape index (κ3) is 2.49. The molecule has 6 heteroatoms. The maximum absolute atomic E-state index is 12.5. The maximum atomic E-state index is 12.5. The SMILES string of the molecule is CCn1cnnc1CNC(=O)C1(c2ccc(N)cc2)CC1. The number of amides is 1. The van der Waals surface area contributed by atoms with Crippen molar-refractivity contribution in [3.05, 3.63) is 42.0 Å². The van der Waals surface area contributed by atoms with Crippen LogP contribution in [0.5, 0.6) is 0 Å². The molecule has 1 amide bonds. The van der Waals surface area contributed by atoms with E-state index >= 15 is 0 Å². The fourth-order valence-corrected chi connectivity index (χ4v) is 2.58. The van der Waals surface area contributed by atoms with Gasteiger partial charge in [0.2, 0.25) is 5.91 Å². The van der Waals surface area contributed by atoms with Crippen LogP contribution in [0, 0.1) is 0 Å². The van der Waals surface area contributed by atoms with E-state index in [0.717, 1.165) is 30.8 Å². The number of benzene rings is 1. The molecular weight excluding hydrogens is 266 g/mol. The zero-order valence-electron chi connectivity index (χ0n) is 12.0. The fourth-order valence-electron chi connectivity index (χ4n) is 2.58. The van der Waals surface area contributed by atoms with E-state index in [9.17, 15) is 4.79 Å². The van der Waals surface area contributed by atoms with Gasteiger partial charge in [-0.25, -0.2) is 0 Å².